The number of rotatable bonds is 7. The molecule has 0 aliphatic rings. The molecule has 3 aromatic heterocycles. The van der Waals surface area contributed by atoms with Gasteiger partial charge in [-0.25, -0.2) is 4.98 Å². The van der Waals surface area contributed by atoms with Crippen molar-refractivity contribution in [2.75, 3.05) is 6.54 Å². The number of nitrogens with zero attached hydrogens (tertiary/aromatic N) is 3. The second-order valence-corrected chi connectivity index (χ2v) is 7.30. The summed E-state index contributed by atoms with van der Waals surface area (Å²) < 4.78 is 3.57. The van der Waals surface area contributed by atoms with Crippen molar-refractivity contribution in [3.05, 3.63) is 87.9 Å². The highest BCUT2D eigenvalue weighted by atomic mass is 32.1. The van der Waals surface area contributed by atoms with E-state index in [1.165, 1.54) is 10.9 Å². The Morgan fingerprint density at radius 3 is 2.75 bits per heavy atom. The Morgan fingerprint density at radius 2 is 1.96 bits per heavy atom. The van der Waals surface area contributed by atoms with Gasteiger partial charge in [-0.1, -0.05) is 12.1 Å². The monoisotopic (exact) mass is 392 g/mol. The second-order valence-electron chi connectivity index (χ2n) is 6.52. The SMILES string of the molecule is O=C(CC(c1ccsc1)n1cccc1)NCCn1cnc2ccccc2c1=O. The zero-order chi connectivity index (χ0) is 19.3. The zero-order valence-corrected chi connectivity index (χ0v) is 16.0. The van der Waals surface area contributed by atoms with Crippen molar-refractivity contribution in [3.63, 3.8) is 0 Å². The van der Waals surface area contributed by atoms with Crippen molar-refractivity contribution in [1.29, 1.82) is 0 Å². The van der Waals surface area contributed by atoms with Crippen LogP contribution >= 0.6 is 11.3 Å². The Hall–Kier alpha value is -3.19. The summed E-state index contributed by atoms with van der Waals surface area (Å²) in [6.45, 7) is 0.760. The maximum atomic E-state index is 12.5. The van der Waals surface area contributed by atoms with Gasteiger partial charge in [0.25, 0.3) is 5.56 Å². The molecule has 1 atom stereocenters. The lowest BCUT2D eigenvalue weighted by molar-refractivity contribution is -0.121. The van der Waals surface area contributed by atoms with E-state index in [-0.39, 0.29) is 17.5 Å². The summed E-state index contributed by atoms with van der Waals surface area (Å²) in [5, 5.41) is 7.59. The number of carbonyl (C=O) groups is 1. The highest BCUT2D eigenvalue weighted by Crippen LogP contribution is 2.24. The molecule has 7 heteroatoms. The first-order valence-electron chi connectivity index (χ1n) is 9.08. The lowest BCUT2D eigenvalue weighted by Gasteiger charge is -2.18. The van der Waals surface area contributed by atoms with Crippen LogP contribution in [0.25, 0.3) is 10.9 Å². The molecule has 0 saturated carbocycles. The van der Waals surface area contributed by atoms with Crippen LogP contribution in [0, 0.1) is 0 Å². The molecule has 1 amide bonds. The highest BCUT2D eigenvalue weighted by Gasteiger charge is 2.17. The maximum Gasteiger partial charge on any atom is 0.261 e. The second kappa shape index (κ2) is 8.22. The molecule has 6 nitrogen and oxygen atoms in total. The molecule has 1 N–H and O–H groups in total. The van der Waals surface area contributed by atoms with Gasteiger partial charge in [-0.2, -0.15) is 11.3 Å². The van der Waals surface area contributed by atoms with E-state index in [0.717, 1.165) is 5.56 Å². The first kappa shape index (κ1) is 18.2. The molecular weight excluding hydrogens is 372 g/mol. The van der Waals surface area contributed by atoms with Gasteiger partial charge in [-0.05, 0) is 46.7 Å². The first-order valence-corrected chi connectivity index (χ1v) is 10.0. The van der Waals surface area contributed by atoms with E-state index in [9.17, 15) is 9.59 Å². The van der Waals surface area contributed by atoms with Crippen LogP contribution in [0.1, 0.15) is 18.0 Å². The van der Waals surface area contributed by atoms with Crippen LogP contribution in [0.15, 0.2) is 76.7 Å². The number of hydrogen-bond acceptors (Lipinski definition) is 4. The van der Waals surface area contributed by atoms with Gasteiger partial charge in [0.1, 0.15) is 0 Å². The number of thiophene rings is 1. The van der Waals surface area contributed by atoms with Gasteiger partial charge in [0.05, 0.1) is 29.7 Å². The third-order valence-corrected chi connectivity index (χ3v) is 5.40. The number of amides is 1. The number of hydrogen-bond donors (Lipinski definition) is 1. The molecule has 4 rings (SSSR count). The summed E-state index contributed by atoms with van der Waals surface area (Å²) in [7, 11) is 0. The normalized spacial score (nSPS) is 12.1. The van der Waals surface area contributed by atoms with Crippen LogP contribution in [0.4, 0.5) is 0 Å². The van der Waals surface area contributed by atoms with Gasteiger partial charge in [-0.3, -0.25) is 14.2 Å². The van der Waals surface area contributed by atoms with E-state index in [4.69, 9.17) is 0 Å². The zero-order valence-electron chi connectivity index (χ0n) is 15.2. The Kier molecular flexibility index (Phi) is 5.34. The van der Waals surface area contributed by atoms with Crippen molar-refractivity contribution < 1.29 is 4.79 Å². The molecule has 1 aromatic carbocycles. The molecule has 0 aliphatic carbocycles. The summed E-state index contributed by atoms with van der Waals surface area (Å²) in [5.74, 6) is -0.0494. The average Bonchev–Trinajstić information content (AvgIpc) is 3.42. The van der Waals surface area contributed by atoms with E-state index < -0.39 is 0 Å². The predicted molar refractivity (Wildman–Crippen MR) is 111 cm³/mol. The number of benzene rings is 1. The summed E-state index contributed by atoms with van der Waals surface area (Å²) in [5.41, 5.74) is 1.70. The van der Waals surface area contributed by atoms with Crippen LogP contribution in [-0.2, 0) is 11.3 Å². The maximum absolute atomic E-state index is 12.5. The average molecular weight is 392 g/mol. The molecule has 0 bridgehead atoms. The molecule has 4 aromatic rings. The Balaban J connectivity index is 1.39. The van der Waals surface area contributed by atoms with Gasteiger partial charge in [-0.15, -0.1) is 0 Å². The van der Waals surface area contributed by atoms with Crippen molar-refractivity contribution in [1.82, 2.24) is 19.4 Å². The van der Waals surface area contributed by atoms with Crippen LogP contribution in [0.2, 0.25) is 0 Å². The predicted octanol–water partition coefficient (Wildman–Crippen LogP) is 3.06. The minimum atomic E-state index is -0.0941. The van der Waals surface area contributed by atoms with Gasteiger partial charge in [0.15, 0.2) is 0 Å². The molecule has 0 saturated heterocycles. The largest absolute Gasteiger partial charge is 0.354 e. The van der Waals surface area contributed by atoms with Crippen LogP contribution < -0.4 is 10.9 Å². The quantitative estimate of drug-likeness (QED) is 0.526. The van der Waals surface area contributed by atoms with Crippen molar-refractivity contribution in [2.45, 2.75) is 19.0 Å². The molecular formula is C21H20N4O2S. The Labute approximate surface area is 166 Å². The fraction of sp³-hybridized carbons (Fsp3) is 0.190. The van der Waals surface area contributed by atoms with Crippen molar-refractivity contribution in [3.8, 4) is 0 Å². The number of carbonyl (C=O) groups excluding carboxylic acids is 1. The van der Waals surface area contributed by atoms with Crippen LogP contribution in [-0.4, -0.2) is 26.6 Å². The summed E-state index contributed by atoms with van der Waals surface area (Å²) in [6, 6.07) is 13.2. The Bertz CT molecular complexity index is 1080. The number of nitrogens with one attached hydrogen (secondary N) is 1. The molecule has 28 heavy (non-hydrogen) atoms. The van der Waals surface area contributed by atoms with Crippen LogP contribution in [0.3, 0.4) is 0 Å². The van der Waals surface area contributed by atoms with E-state index in [0.29, 0.717) is 30.4 Å². The minimum Gasteiger partial charge on any atom is -0.354 e. The van der Waals surface area contributed by atoms with Gasteiger partial charge < -0.3 is 9.88 Å². The molecule has 0 radical (unpaired) electrons. The lowest BCUT2D eigenvalue weighted by Crippen LogP contribution is -2.32. The molecule has 142 valence electrons. The summed E-state index contributed by atoms with van der Waals surface area (Å²) in [4.78, 5) is 29.3. The van der Waals surface area contributed by atoms with Gasteiger partial charge >= 0.3 is 0 Å². The number of aromatic nitrogens is 3. The van der Waals surface area contributed by atoms with E-state index in [1.54, 1.807) is 17.4 Å². The topological polar surface area (TPSA) is 68.9 Å². The number of para-hydroxylation sites is 1. The number of fused-ring (bicyclic) bond motifs is 1. The fourth-order valence-corrected chi connectivity index (χ4v) is 3.95. The van der Waals surface area contributed by atoms with Crippen LogP contribution in [0.5, 0.6) is 0 Å². The lowest BCUT2D eigenvalue weighted by atomic mass is 10.1. The molecule has 0 fully saturated rings. The minimum absolute atomic E-state index is 0.0358. The van der Waals surface area contributed by atoms with E-state index >= 15 is 0 Å². The van der Waals surface area contributed by atoms with E-state index in [1.807, 2.05) is 58.7 Å². The third kappa shape index (κ3) is 3.89. The summed E-state index contributed by atoms with van der Waals surface area (Å²) >= 11 is 1.62. The molecule has 3 heterocycles. The van der Waals surface area contributed by atoms with E-state index in [2.05, 4.69) is 15.7 Å². The van der Waals surface area contributed by atoms with Gasteiger partial charge in [0, 0.05) is 25.5 Å². The molecule has 1 unspecified atom stereocenters. The molecule has 0 spiro atoms. The third-order valence-electron chi connectivity index (χ3n) is 4.70. The van der Waals surface area contributed by atoms with Gasteiger partial charge in [0.2, 0.25) is 5.91 Å². The van der Waals surface area contributed by atoms with Crippen molar-refractivity contribution in [2.24, 2.45) is 0 Å². The fourth-order valence-electron chi connectivity index (χ4n) is 3.24. The summed E-state index contributed by atoms with van der Waals surface area (Å²) in [6.07, 6.45) is 5.81. The standard InChI is InChI=1S/C21H20N4O2S/c26-20(13-19(16-7-12-28-14-16)24-9-3-4-10-24)22-8-11-25-15-23-18-6-2-1-5-17(18)21(25)27/h1-7,9-10,12,14-15,19H,8,11,13H2,(H,22,26). The van der Waals surface area contributed by atoms with Crippen molar-refractivity contribution >= 4 is 28.1 Å². The first-order chi connectivity index (χ1) is 13.7. The Morgan fingerprint density at radius 1 is 1.14 bits per heavy atom. The highest BCUT2D eigenvalue weighted by molar-refractivity contribution is 7.08. The smallest absolute Gasteiger partial charge is 0.261 e. The molecule has 0 aliphatic heterocycles.